The SMILES string of the molecule is Clc1ccc(-[s+]2c3ccc(Br)cc3c3cc(Br)ccc32)cc1. The number of benzene rings is 3. The van der Waals surface area contributed by atoms with E-state index < -0.39 is 0 Å². The third-order valence-electron chi connectivity index (χ3n) is 3.66. The van der Waals surface area contributed by atoms with Gasteiger partial charge in [-0.15, -0.1) is 0 Å². The highest BCUT2D eigenvalue weighted by Gasteiger charge is 2.23. The number of fused-ring (bicyclic) bond motifs is 3. The van der Waals surface area contributed by atoms with Crippen molar-refractivity contribution in [2.24, 2.45) is 0 Å². The van der Waals surface area contributed by atoms with Crippen LogP contribution >= 0.6 is 53.9 Å². The Morgan fingerprint density at radius 2 is 1.18 bits per heavy atom. The summed E-state index contributed by atoms with van der Waals surface area (Å²) in [6, 6.07) is 21.3. The normalized spacial score (nSPS) is 11.4. The molecule has 0 atom stereocenters. The van der Waals surface area contributed by atoms with Crippen LogP contribution in [0.15, 0.2) is 69.6 Å². The van der Waals surface area contributed by atoms with Gasteiger partial charge in [0, 0.05) is 47.3 Å². The molecular formula is C18H10Br2ClS+. The van der Waals surface area contributed by atoms with Crippen LogP contribution in [0.5, 0.6) is 0 Å². The molecule has 0 fully saturated rings. The molecule has 0 saturated heterocycles. The maximum Gasteiger partial charge on any atom is 0.187 e. The highest BCUT2D eigenvalue weighted by molar-refractivity contribution is 9.10. The van der Waals surface area contributed by atoms with Crippen molar-refractivity contribution in [2.45, 2.75) is 0 Å². The second-order valence-corrected chi connectivity index (χ2v) is 9.27. The van der Waals surface area contributed by atoms with Crippen LogP contribution in [0.3, 0.4) is 0 Å². The zero-order chi connectivity index (χ0) is 15.3. The molecule has 0 unspecified atom stereocenters. The van der Waals surface area contributed by atoms with Crippen molar-refractivity contribution >= 4 is 74.1 Å². The van der Waals surface area contributed by atoms with Crippen molar-refractivity contribution < 1.29 is 0 Å². The maximum absolute atomic E-state index is 6.05. The Balaban J connectivity index is 2.17. The first kappa shape index (κ1) is 14.7. The van der Waals surface area contributed by atoms with Gasteiger partial charge < -0.3 is 0 Å². The van der Waals surface area contributed by atoms with E-state index >= 15 is 0 Å². The fourth-order valence-electron chi connectivity index (χ4n) is 2.72. The van der Waals surface area contributed by atoms with Gasteiger partial charge in [-0.3, -0.25) is 0 Å². The van der Waals surface area contributed by atoms with Gasteiger partial charge in [-0.2, -0.15) is 0 Å². The number of hydrogen-bond donors (Lipinski definition) is 0. The summed E-state index contributed by atoms with van der Waals surface area (Å²) in [6.07, 6.45) is 0. The lowest BCUT2D eigenvalue weighted by molar-refractivity contribution is 1.75. The van der Waals surface area contributed by atoms with E-state index in [1.165, 1.54) is 25.1 Å². The van der Waals surface area contributed by atoms with E-state index in [-0.39, 0.29) is 10.5 Å². The molecule has 0 saturated carbocycles. The van der Waals surface area contributed by atoms with E-state index in [9.17, 15) is 0 Å². The summed E-state index contributed by atoms with van der Waals surface area (Å²) < 4.78 is 4.97. The number of hydrogen-bond acceptors (Lipinski definition) is 0. The zero-order valence-electron chi connectivity index (χ0n) is 11.3. The zero-order valence-corrected chi connectivity index (χ0v) is 16.1. The molecule has 0 amide bonds. The Labute approximate surface area is 152 Å². The third-order valence-corrected chi connectivity index (χ3v) is 7.24. The van der Waals surface area contributed by atoms with Crippen LogP contribution in [-0.4, -0.2) is 0 Å². The molecule has 3 aromatic carbocycles. The minimum Gasteiger partial charge on any atom is -0.0843 e. The Morgan fingerprint density at radius 1 is 0.682 bits per heavy atom. The van der Waals surface area contributed by atoms with Gasteiger partial charge in [0.2, 0.25) is 0 Å². The minimum absolute atomic E-state index is 0.0657. The largest absolute Gasteiger partial charge is 0.187 e. The van der Waals surface area contributed by atoms with Gasteiger partial charge in [0.1, 0.15) is 0 Å². The van der Waals surface area contributed by atoms with E-state index in [4.69, 9.17) is 11.6 Å². The van der Waals surface area contributed by atoms with Crippen LogP contribution in [0.4, 0.5) is 0 Å². The first-order valence-electron chi connectivity index (χ1n) is 6.73. The van der Waals surface area contributed by atoms with Crippen molar-refractivity contribution in [1.29, 1.82) is 0 Å². The summed E-state index contributed by atoms with van der Waals surface area (Å²) in [7, 11) is -0.0657. The van der Waals surface area contributed by atoms with E-state index in [2.05, 4.69) is 80.4 Å². The van der Waals surface area contributed by atoms with Crippen molar-refractivity contribution in [1.82, 2.24) is 0 Å². The average molecular weight is 454 g/mol. The minimum atomic E-state index is -0.0657. The van der Waals surface area contributed by atoms with Gasteiger partial charge in [0.05, 0.1) is 0 Å². The second-order valence-electron chi connectivity index (χ2n) is 5.04. The second kappa shape index (κ2) is 5.64. The van der Waals surface area contributed by atoms with Crippen molar-refractivity contribution in [2.75, 3.05) is 0 Å². The lowest BCUT2D eigenvalue weighted by Gasteiger charge is -1.94. The van der Waals surface area contributed by atoms with Gasteiger partial charge in [-0.25, -0.2) is 0 Å². The van der Waals surface area contributed by atoms with Crippen molar-refractivity contribution in [3.63, 3.8) is 0 Å². The molecule has 0 aliphatic heterocycles. The molecule has 0 nitrogen and oxygen atoms in total. The molecule has 1 aromatic heterocycles. The fourth-order valence-corrected chi connectivity index (χ4v) is 5.91. The topological polar surface area (TPSA) is 0 Å². The van der Waals surface area contributed by atoms with Crippen LogP contribution < -0.4 is 0 Å². The van der Waals surface area contributed by atoms with Crippen LogP contribution in [0.2, 0.25) is 5.02 Å². The van der Waals surface area contributed by atoms with Crippen LogP contribution in [0, 0.1) is 0 Å². The van der Waals surface area contributed by atoms with Crippen LogP contribution in [0.1, 0.15) is 0 Å². The molecule has 0 N–H and O–H groups in total. The quantitative estimate of drug-likeness (QED) is 0.257. The first-order chi connectivity index (χ1) is 10.6. The number of thiophene rings is 1. The Kier molecular flexibility index (Phi) is 3.77. The first-order valence-corrected chi connectivity index (χ1v) is 9.92. The van der Waals surface area contributed by atoms with E-state index in [1.54, 1.807) is 0 Å². The lowest BCUT2D eigenvalue weighted by atomic mass is 10.2. The summed E-state index contributed by atoms with van der Waals surface area (Å²) in [5.41, 5.74) is 0. The monoisotopic (exact) mass is 451 g/mol. The summed E-state index contributed by atoms with van der Waals surface area (Å²) in [5.74, 6) is 0. The van der Waals surface area contributed by atoms with E-state index in [1.807, 2.05) is 12.1 Å². The molecule has 1 heterocycles. The smallest absolute Gasteiger partial charge is 0.0843 e. The van der Waals surface area contributed by atoms with E-state index in [0.29, 0.717) is 0 Å². The molecule has 4 aromatic rings. The van der Waals surface area contributed by atoms with Gasteiger partial charge in [-0.05, 0) is 48.5 Å². The van der Waals surface area contributed by atoms with Gasteiger partial charge in [0.25, 0.3) is 0 Å². The summed E-state index contributed by atoms with van der Waals surface area (Å²) in [5, 5.41) is 3.39. The Morgan fingerprint density at radius 3 is 1.68 bits per heavy atom. The fraction of sp³-hybridized carbons (Fsp3) is 0. The highest BCUT2D eigenvalue weighted by atomic mass is 79.9. The molecular weight excluding hydrogens is 444 g/mol. The van der Waals surface area contributed by atoms with Crippen molar-refractivity contribution in [3.8, 4) is 4.90 Å². The predicted molar refractivity (Wildman–Crippen MR) is 106 cm³/mol. The Bertz CT molecular complexity index is 944. The van der Waals surface area contributed by atoms with Crippen LogP contribution in [0.25, 0.3) is 25.1 Å². The van der Waals surface area contributed by atoms with Gasteiger partial charge in [0.15, 0.2) is 14.3 Å². The molecule has 108 valence electrons. The number of rotatable bonds is 1. The van der Waals surface area contributed by atoms with Gasteiger partial charge in [-0.1, -0.05) is 43.5 Å². The average Bonchev–Trinajstić information content (AvgIpc) is 2.81. The molecule has 0 radical (unpaired) electrons. The third kappa shape index (κ3) is 2.41. The predicted octanol–water partition coefficient (Wildman–Crippen LogP) is 7.91. The standard InChI is InChI=1S/C18H10Br2ClS/c19-11-1-7-17-15(9-11)16-10-12(20)2-8-18(16)22(17)14-5-3-13(21)4-6-14/h1-10H/q+1. The highest BCUT2D eigenvalue weighted by Crippen LogP contribution is 2.49. The summed E-state index contributed by atoms with van der Waals surface area (Å²) in [6.45, 7) is 0. The molecule has 4 rings (SSSR count). The van der Waals surface area contributed by atoms with Gasteiger partial charge >= 0.3 is 0 Å². The summed E-state index contributed by atoms with van der Waals surface area (Å²) >= 11 is 13.2. The molecule has 0 aliphatic carbocycles. The molecule has 0 bridgehead atoms. The molecule has 0 aliphatic rings. The summed E-state index contributed by atoms with van der Waals surface area (Å²) in [4.78, 5) is 1.30. The maximum atomic E-state index is 6.05. The van der Waals surface area contributed by atoms with E-state index in [0.717, 1.165) is 14.0 Å². The molecule has 22 heavy (non-hydrogen) atoms. The Hall–Kier alpha value is -0.870. The molecule has 4 heteroatoms. The lowest BCUT2D eigenvalue weighted by Crippen LogP contribution is -1.70. The molecule has 0 spiro atoms. The number of halogens is 3. The van der Waals surface area contributed by atoms with Crippen LogP contribution in [-0.2, 0) is 0 Å². The van der Waals surface area contributed by atoms with Crippen molar-refractivity contribution in [3.05, 3.63) is 74.6 Å².